The number of rotatable bonds is 5. The summed E-state index contributed by atoms with van der Waals surface area (Å²) in [5.74, 6) is -0.347. The highest BCUT2D eigenvalue weighted by Crippen LogP contribution is 2.14. The lowest BCUT2D eigenvalue weighted by molar-refractivity contribution is -0.161. The summed E-state index contributed by atoms with van der Waals surface area (Å²) in [7, 11) is 1.37. The molecule has 1 aliphatic rings. The Hall–Kier alpha value is -1.46. The summed E-state index contributed by atoms with van der Waals surface area (Å²) in [6.07, 6.45) is 5.40. The predicted octanol–water partition coefficient (Wildman–Crippen LogP) is 1.95. The zero-order valence-electron chi connectivity index (χ0n) is 11.1. The van der Waals surface area contributed by atoms with Gasteiger partial charge < -0.3 is 14.2 Å². The first-order valence-electron chi connectivity index (χ1n) is 6.56. The van der Waals surface area contributed by atoms with Crippen LogP contribution in [0.5, 0.6) is 0 Å². The Balaban J connectivity index is 1.80. The van der Waals surface area contributed by atoms with Crippen molar-refractivity contribution < 1.29 is 19.0 Å². The number of methoxy groups -OCH3 is 1. The minimum atomic E-state index is -0.347. The van der Waals surface area contributed by atoms with Crippen LogP contribution in [-0.2, 0) is 20.6 Å². The molecule has 2 heterocycles. The first-order valence-corrected chi connectivity index (χ1v) is 6.56. The fraction of sp³-hybridized carbons (Fsp3) is 0.571. The number of esters is 1. The van der Waals surface area contributed by atoms with E-state index < -0.39 is 0 Å². The topological polar surface area (TPSA) is 57.7 Å². The Labute approximate surface area is 112 Å². The second kappa shape index (κ2) is 7.21. The zero-order chi connectivity index (χ0) is 13.5. The Kier molecular flexibility index (Phi) is 5.30. The molecule has 1 aromatic rings. The summed E-state index contributed by atoms with van der Waals surface area (Å²) in [4.78, 5) is 15.6. The van der Waals surface area contributed by atoms with Gasteiger partial charge in [-0.1, -0.05) is 0 Å². The van der Waals surface area contributed by atoms with E-state index >= 15 is 0 Å². The summed E-state index contributed by atoms with van der Waals surface area (Å²) < 4.78 is 15.8. The number of aromatic nitrogens is 1. The molecule has 1 unspecified atom stereocenters. The fourth-order valence-corrected chi connectivity index (χ4v) is 2.00. The van der Waals surface area contributed by atoms with E-state index in [2.05, 4.69) is 9.72 Å². The third kappa shape index (κ3) is 4.29. The molecule has 1 fully saturated rings. The van der Waals surface area contributed by atoms with Crippen molar-refractivity contribution >= 4 is 5.97 Å². The van der Waals surface area contributed by atoms with Crippen molar-refractivity contribution in [2.75, 3.05) is 20.3 Å². The van der Waals surface area contributed by atoms with Crippen molar-refractivity contribution in [1.82, 2.24) is 4.98 Å². The molecule has 0 radical (unpaired) electrons. The third-order valence-electron chi connectivity index (χ3n) is 3.04. The summed E-state index contributed by atoms with van der Waals surface area (Å²) >= 11 is 0. The second-order valence-corrected chi connectivity index (χ2v) is 4.44. The lowest BCUT2D eigenvalue weighted by atomic mass is 10.2. The summed E-state index contributed by atoms with van der Waals surface area (Å²) in [6, 6.07) is 3.37. The Morgan fingerprint density at radius 1 is 1.53 bits per heavy atom. The molecule has 1 atom stereocenters. The van der Waals surface area contributed by atoms with Crippen molar-refractivity contribution in [3.8, 4) is 0 Å². The maximum Gasteiger partial charge on any atom is 0.337 e. The molecule has 19 heavy (non-hydrogen) atoms. The standard InChI is InChI=1S/C14H19NO4/c1-17-14(16)11-5-7-15-12(10-11)6-9-19-13-4-2-3-8-18-13/h5,7,10,13H,2-4,6,8-9H2,1H3. The highest BCUT2D eigenvalue weighted by Gasteiger charge is 2.14. The molecule has 104 valence electrons. The summed E-state index contributed by atoms with van der Waals surface area (Å²) in [5, 5.41) is 0. The van der Waals surface area contributed by atoms with Gasteiger partial charge in [-0.3, -0.25) is 4.98 Å². The first-order chi connectivity index (χ1) is 9.29. The monoisotopic (exact) mass is 265 g/mol. The molecule has 2 rings (SSSR count). The molecule has 0 aliphatic carbocycles. The third-order valence-corrected chi connectivity index (χ3v) is 3.04. The molecule has 0 spiro atoms. The maximum absolute atomic E-state index is 11.4. The molecule has 0 aromatic carbocycles. The fourth-order valence-electron chi connectivity index (χ4n) is 2.00. The average Bonchev–Trinajstić information content (AvgIpc) is 2.48. The SMILES string of the molecule is COC(=O)c1ccnc(CCOC2CCCCO2)c1. The van der Waals surface area contributed by atoms with Crippen molar-refractivity contribution in [1.29, 1.82) is 0 Å². The lowest BCUT2D eigenvalue weighted by Crippen LogP contribution is -2.23. The van der Waals surface area contributed by atoms with Crippen LogP contribution in [0.2, 0.25) is 0 Å². The first kappa shape index (κ1) is 14.0. The van der Waals surface area contributed by atoms with Crippen molar-refractivity contribution in [3.63, 3.8) is 0 Å². The van der Waals surface area contributed by atoms with Gasteiger partial charge in [-0.15, -0.1) is 0 Å². The highest BCUT2D eigenvalue weighted by atomic mass is 16.7. The van der Waals surface area contributed by atoms with Gasteiger partial charge in [0.25, 0.3) is 0 Å². The molecular formula is C14H19NO4. The maximum atomic E-state index is 11.4. The minimum Gasteiger partial charge on any atom is -0.465 e. The van der Waals surface area contributed by atoms with E-state index in [-0.39, 0.29) is 12.3 Å². The van der Waals surface area contributed by atoms with E-state index in [1.807, 2.05) is 0 Å². The van der Waals surface area contributed by atoms with Gasteiger partial charge in [0, 0.05) is 24.9 Å². The molecule has 0 saturated carbocycles. The second-order valence-electron chi connectivity index (χ2n) is 4.44. The lowest BCUT2D eigenvalue weighted by Gasteiger charge is -2.22. The van der Waals surface area contributed by atoms with Gasteiger partial charge in [0.05, 0.1) is 19.3 Å². The van der Waals surface area contributed by atoms with E-state index in [0.717, 1.165) is 31.6 Å². The van der Waals surface area contributed by atoms with Gasteiger partial charge in [-0.05, 0) is 31.4 Å². The van der Waals surface area contributed by atoms with Crippen LogP contribution in [0.4, 0.5) is 0 Å². The zero-order valence-corrected chi connectivity index (χ0v) is 11.1. The van der Waals surface area contributed by atoms with Gasteiger partial charge in [0.2, 0.25) is 0 Å². The van der Waals surface area contributed by atoms with Crippen molar-refractivity contribution in [3.05, 3.63) is 29.6 Å². The van der Waals surface area contributed by atoms with E-state index in [0.29, 0.717) is 18.6 Å². The van der Waals surface area contributed by atoms with E-state index in [9.17, 15) is 4.79 Å². The molecule has 5 heteroatoms. The Morgan fingerprint density at radius 3 is 3.16 bits per heavy atom. The molecule has 1 saturated heterocycles. The normalized spacial score (nSPS) is 19.1. The van der Waals surface area contributed by atoms with Gasteiger partial charge in [-0.25, -0.2) is 4.79 Å². The number of nitrogens with zero attached hydrogens (tertiary/aromatic N) is 1. The van der Waals surface area contributed by atoms with E-state index in [1.54, 1.807) is 18.3 Å². The van der Waals surface area contributed by atoms with Crippen LogP contribution >= 0.6 is 0 Å². The number of ether oxygens (including phenoxy) is 3. The number of carbonyl (C=O) groups excluding carboxylic acids is 1. The molecule has 5 nitrogen and oxygen atoms in total. The van der Waals surface area contributed by atoms with E-state index in [1.165, 1.54) is 7.11 Å². The van der Waals surface area contributed by atoms with Gasteiger partial charge >= 0.3 is 5.97 Å². The largest absolute Gasteiger partial charge is 0.465 e. The number of pyridine rings is 1. The quantitative estimate of drug-likeness (QED) is 0.762. The average molecular weight is 265 g/mol. The summed E-state index contributed by atoms with van der Waals surface area (Å²) in [5.41, 5.74) is 1.33. The van der Waals surface area contributed by atoms with Gasteiger partial charge in [0.15, 0.2) is 6.29 Å². The molecule has 0 amide bonds. The predicted molar refractivity (Wildman–Crippen MR) is 68.8 cm³/mol. The molecule has 0 bridgehead atoms. The highest BCUT2D eigenvalue weighted by molar-refractivity contribution is 5.89. The van der Waals surface area contributed by atoms with Crippen LogP contribution in [0.25, 0.3) is 0 Å². The van der Waals surface area contributed by atoms with Crippen LogP contribution in [0.15, 0.2) is 18.3 Å². The Bertz CT molecular complexity index is 416. The van der Waals surface area contributed by atoms with Crippen LogP contribution in [0, 0.1) is 0 Å². The molecular weight excluding hydrogens is 246 g/mol. The van der Waals surface area contributed by atoms with Crippen LogP contribution in [-0.4, -0.2) is 37.6 Å². The number of carbonyl (C=O) groups is 1. The number of hydrogen-bond donors (Lipinski definition) is 0. The summed E-state index contributed by atoms with van der Waals surface area (Å²) in [6.45, 7) is 1.32. The van der Waals surface area contributed by atoms with E-state index in [4.69, 9.17) is 9.47 Å². The smallest absolute Gasteiger partial charge is 0.337 e. The van der Waals surface area contributed by atoms with Crippen LogP contribution in [0.1, 0.15) is 35.3 Å². The van der Waals surface area contributed by atoms with Crippen molar-refractivity contribution in [2.45, 2.75) is 32.0 Å². The number of hydrogen-bond acceptors (Lipinski definition) is 5. The van der Waals surface area contributed by atoms with Gasteiger partial charge in [-0.2, -0.15) is 0 Å². The van der Waals surface area contributed by atoms with Crippen LogP contribution in [0.3, 0.4) is 0 Å². The van der Waals surface area contributed by atoms with Gasteiger partial charge in [0.1, 0.15) is 0 Å². The van der Waals surface area contributed by atoms with Crippen molar-refractivity contribution in [2.24, 2.45) is 0 Å². The molecule has 0 N–H and O–H groups in total. The van der Waals surface area contributed by atoms with Crippen LogP contribution < -0.4 is 0 Å². The molecule has 1 aromatic heterocycles. The molecule has 1 aliphatic heterocycles. The Morgan fingerprint density at radius 2 is 2.42 bits per heavy atom. The minimum absolute atomic E-state index is 0.0856.